The first-order chi connectivity index (χ1) is 7.16. The number of hydrogen-bond donors (Lipinski definition) is 2. The first kappa shape index (κ1) is 9.20. The van der Waals surface area contributed by atoms with Crippen molar-refractivity contribution < 1.29 is 10.0 Å². The summed E-state index contributed by atoms with van der Waals surface area (Å²) in [5, 5.41) is 9.78. The maximum atomic E-state index is 11.4. The van der Waals surface area contributed by atoms with Crippen LogP contribution in [-0.2, 0) is 0 Å². The first-order valence-corrected chi connectivity index (χ1v) is 4.10. The average molecular weight is 205 g/mol. The molecule has 0 aliphatic heterocycles. The summed E-state index contributed by atoms with van der Waals surface area (Å²) in [5.74, 6) is 0. The van der Waals surface area contributed by atoms with E-state index in [1.54, 1.807) is 12.1 Å². The number of carbonyl (C=O) groups excluding carboxylic acids is 1. The van der Waals surface area contributed by atoms with Crippen molar-refractivity contribution in [2.24, 2.45) is 0 Å². The van der Waals surface area contributed by atoms with E-state index in [2.05, 4.69) is 4.98 Å². The molecular weight excluding hydrogens is 198 g/mol. The fourth-order valence-electron chi connectivity index (χ4n) is 1.36. The Morgan fingerprint density at radius 3 is 2.93 bits per heavy atom. The monoisotopic (exact) mass is 205 g/mol. The lowest BCUT2D eigenvalue weighted by Gasteiger charge is -2.06. The summed E-state index contributed by atoms with van der Waals surface area (Å²) >= 11 is 0. The molecule has 0 aliphatic rings. The van der Waals surface area contributed by atoms with Gasteiger partial charge >= 0.3 is 0 Å². The number of fused-ring (bicyclic) bond motifs is 1. The Bertz CT molecular complexity index is 603. The minimum Gasteiger partial charge on any atom is -0.423 e. The highest BCUT2D eigenvalue weighted by molar-refractivity contribution is 5.97. The van der Waals surface area contributed by atoms with E-state index >= 15 is 0 Å². The van der Waals surface area contributed by atoms with Gasteiger partial charge in [-0.15, -0.1) is 4.73 Å². The van der Waals surface area contributed by atoms with Gasteiger partial charge in [0.25, 0.3) is 5.56 Å². The zero-order valence-electron chi connectivity index (χ0n) is 7.54. The molecule has 0 radical (unpaired) electrons. The van der Waals surface area contributed by atoms with Gasteiger partial charge < -0.3 is 10.9 Å². The number of hydrogen-bond acceptors (Lipinski definition) is 5. The molecule has 2 heterocycles. The Balaban J connectivity index is 3.09. The number of aromatic nitrogens is 2. The van der Waals surface area contributed by atoms with Gasteiger partial charge in [0.05, 0.1) is 5.69 Å². The van der Waals surface area contributed by atoms with Gasteiger partial charge in [-0.25, -0.2) is 4.98 Å². The van der Waals surface area contributed by atoms with Crippen molar-refractivity contribution in [2.75, 3.05) is 5.73 Å². The lowest BCUT2D eigenvalue weighted by Crippen LogP contribution is -2.24. The molecule has 2 aromatic rings. The van der Waals surface area contributed by atoms with Crippen molar-refractivity contribution in [3.8, 4) is 0 Å². The predicted octanol–water partition coefficient (Wildman–Crippen LogP) is 0.0285. The number of aldehydes is 1. The smallest absolute Gasteiger partial charge is 0.297 e. The Morgan fingerprint density at radius 1 is 1.53 bits per heavy atom. The number of carbonyl (C=O) groups is 1. The number of pyridine rings is 2. The molecule has 0 unspecified atom stereocenters. The standard InChI is InChI=1S/C9H7N3O3/c10-7-5-2-1-3-11-8(5)12(15)9(14)6(7)4-13/h1-4,15H,10H2. The van der Waals surface area contributed by atoms with Crippen LogP contribution in [0.15, 0.2) is 23.1 Å². The maximum Gasteiger partial charge on any atom is 0.297 e. The van der Waals surface area contributed by atoms with E-state index in [0.29, 0.717) is 16.4 Å². The number of anilines is 1. The largest absolute Gasteiger partial charge is 0.423 e. The van der Waals surface area contributed by atoms with Gasteiger partial charge in [0.2, 0.25) is 0 Å². The van der Waals surface area contributed by atoms with Gasteiger partial charge in [-0.2, -0.15) is 0 Å². The summed E-state index contributed by atoms with van der Waals surface area (Å²) in [6.07, 6.45) is 1.73. The molecule has 0 saturated heterocycles. The molecular formula is C9H7N3O3. The molecule has 76 valence electrons. The molecule has 0 fully saturated rings. The molecule has 0 aromatic carbocycles. The van der Waals surface area contributed by atoms with E-state index in [9.17, 15) is 14.8 Å². The molecule has 0 bridgehead atoms. The summed E-state index contributed by atoms with van der Waals surface area (Å²) in [6, 6.07) is 3.16. The van der Waals surface area contributed by atoms with E-state index in [0.717, 1.165) is 0 Å². The van der Waals surface area contributed by atoms with Gasteiger partial charge in [-0.05, 0) is 12.1 Å². The fourth-order valence-corrected chi connectivity index (χ4v) is 1.36. The second-order valence-electron chi connectivity index (χ2n) is 2.94. The highest BCUT2D eigenvalue weighted by Gasteiger charge is 2.13. The highest BCUT2D eigenvalue weighted by Crippen LogP contribution is 2.18. The zero-order chi connectivity index (χ0) is 11.0. The molecule has 0 atom stereocenters. The quantitative estimate of drug-likeness (QED) is 0.505. The van der Waals surface area contributed by atoms with Crippen molar-refractivity contribution in [3.63, 3.8) is 0 Å². The van der Waals surface area contributed by atoms with Gasteiger partial charge in [-0.3, -0.25) is 9.59 Å². The average Bonchev–Trinajstić information content (AvgIpc) is 2.27. The fraction of sp³-hybridized carbons (Fsp3) is 0. The van der Waals surface area contributed by atoms with E-state index in [1.807, 2.05) is 0 Å². The molecule has 3 N–H and O–H groups in total. The van der Waals surface area contributed by atoms with Crippen LogP contribution in [0.25, 0.3) is 11.0 Å². The molecule has 15 heavy (non-hydrogen) atoms. The van der Waals surface area contributed by atoms with Gasteiger partial charge in [0.15, 0.2) is 11.9 Å². The topological polar surface area (TPSA) is 98.2 Å². The summed E-state index contributed by atoms with van der Waals surface area (Å²) in [6.45, 7) is 0. The van der Waals surface area contributed by atoms with Gasteiger partial charge in [-0.1, -0.05) is 0 Å². The van der Waals surface area contributed by atoms with Crippen molar-refractivity contribution in [1.82, 2.24) is 9.71 Å². The second kappa shape index (κ2) is 3.09. The maximum absolute atomic E-state index is 11.4. The minimum absolute atomic E-state index is 0.0309. The molecule has 0 saturated carbocycles. The third-order valence-corrected chi connectivity index (χ3v) is 2.11. The van der Waals surface area contributed by atoms with Crippen LogP contribution >= 0.6 is 0 Å². The summed E-state index contributed by atoms with van der Waals surface area (Å²) in [4.78, 5) is 25.8. The van der Waals surface area contributed by atoms with Crippen LogP contribution in [0.4, 0.5) is 5.69 Å². The molecule has 0 aliphatic carbocycles. The van der Waals surface area contributed by atoms with Crippen LogP contribution in [-0.4, -0.2) is 21.2 Å². The Kier molecular flexibility index (Phi) is 1.89. The van der Waals surface area contributed by atoms with E-state index < -0.39 is 5.56 Å². The SMILES string of the molecule is Nc1c(C=O)c(=O)n(O)c2ncccc12. The van der Waals surface area contributed by atoms with Crippen LogP contribution in [0.3, 0.4) is 0 Å². The predicted molar refractivity (Wildman–Crippen MR) is 53.0 cm³/mol. The molecule has 0 spiro atoms. The summed E-state index contributed by atoms with van der Waals surface area (Å²) in [7, 11) is 0. The molecule has 2 rings (SSSR count). The number of nitrogen functional groups attached to an aromatic ring is 1. The Labute approximate surface area is 83.5 Å². The number of nitrogens with two attached hydrogens (primary N) is 1. The van der Waals surface area contributed by atoms with Crippen molar-refractivity contribution in [3.05, 3.63) is 34.2 Å². The van der Waals surface area contributed by atoms with Gasteiger partial charge in [0, 0.05) is 11.6 Å². The minimum atomic E-state index is -0.867. The second-order valence-corrected chi connectivity index (χ2v) is 2.94. The number of nitrogens with zero attached hydrogens (tertiary/aromatic N) is 2. The van der Waals surface area contributed by atoms with Crippen LogP contribution in [0, 0.1) is 0 Å². The van der Waals surface area contributed by atoms with E-state index in [4.69, 9.17) is 5.73 Å². The lowest BCUT2D eigenvalue weighted by atomic mass is 10.2. The Morgan fingerprint density at radius 2 is 2.27 bits per heavy atom. The lowest BCUT2D eigenvalue weighted by molar-refractivity contribution is 0.111. The third kappa shape index (κ3) is 1.15. The Hall–Kier alpha value is -2.37. The molecule has 2 aromatic heterocycles. The normalized spacial score (nSPS) is 10.4. The van der Waals surface area contributed by atoms with Crippen molar-refractivity contribution in [1.29, 1.82) is 0 Å². The zero-order valence-corrected chi connectivity index (χ0v) is 7.54. The molecule has 6 nitrogen and oxygen atoms in total. The van der Waals surface area contributed by atoms with E-state index in [1.165, 1.54) is 6.20 Å². The highest BCUT2D eigenvalue weighted by atomic mass is 16.5. The van der Waals surface area contributed by atoms with Crippen molar-refractivity contribution in [2.45, 2.75) is 0 Å². The third-order valence-electron chi connectivity index (χ3n) is 2.11. The van der Waals surface area contributed by atoms with E-state index in [-0.39, 0.29) is 16.9 Å². The molecule has 0 amide bonds. The summed E-state index contributed by atoms with van der Waals surface area (Å²) < 4.78 is 0.315. The van der Waals surface area contributed by atoms with Gasteiger partial charge in [0.1, 0.15) is 5.56 Å². The molecule has 6 heteroatoms. The van der Waals surface area contributed by atoms with Crippen LogP contribution in [0.5, 0.6) is 0 Å². The number of rotatable bonds is 1. The first-order valence-electron chi connectivity index (χ1n) is 4.10. The van der Waals surface area contributed by atoms with Crippen LogP contribution in [0.2, 0.25) is 0 Å². The van der Waals surface area contributed by atoms with Crippen molar-refractivity contribution >= 4 is 23.0 Å². The summed E-state index contributed by atoms with van der Waals surface area (Å²) in [5.41, 5.74) is 4.53. The van der Waals surface area contributed by atoms with Crippen LogP contribution < -0.4 is 11.3 Å². The van der Waals surface area contributed by atoms with Crippen LogP contribution in [0.1, 0.15) is 10.4 Å².